The van der Waals surface area contributed by atoms with E-state index in [4.69, 9.17) is 4.74 Å². The fourth-order valence-electron chi connectivity index (χ4n) is 2.64. The maximum atomic E-state index is 12.2. The molecular formula is C18H25NO4S. The number of thioether (sulfide) groups is 1. The Morgan fingerprint density at radius 1 is 1.21 bits per heavy atom. The van der Waals surface area contributed by atoms with Crippen LogP contribution in [0.15, 0.2) is 30.3 Å². The molecule has 3 atom stereocenters. The number of nitrogens with one attached hydrogen (secondary N) is 1. The summed E-state index contributed by atoms with van der Waals surface area (Å²) in [5.74, 6) is 0. The normalized spacial score (nSPS) is 24.2. The zero-order valence-electron chi connectivity index (χ0n) is 14.3. The van der Waals surface area contributed by atoms with Crippen LogP contribution in [-0.4, -0.2) is 39.3 Å². The van der Waals surface area contributed by atoms with Crippen molar-refractivity contribution in [1.29, 1.82) is 0 Å². The van der Waals surface area contributed by atoms with Crippen molar-refractivity contribution in [2.75, 3.05) is 0 Å². The Hall–Kier alpha value is -1.53. The molecule has 0 aliphatic heterocycles. The SMILES string of the molecule is CC(C)(C)OC(=O)N[C@H]1CCC(SC(=O)c2ccccc2)[C@@H](O)C1. The number of carbonyl (C=O) groups excluding carboxylic acids is 2. The molecule has 1 unspecified atom stereocenters. The van der Waals surface area contributed by atoms with E-state index in [9.17, 15) is 14.7 Å². The number of alkyl carbamates (subject to hydrolysis) is 1. The third-order valence-electron chi connectivity index (χ3n) is 3.74. The Kier molecular flexibility index (Phi) is 6.29. The van der Waals surface area contributed by atoms with Crippen molar-refractivity contribution >= 4 is 23.0 Å². The summed E-state index contributed by atoms with van der Waals surface area (Å²) in [6.07, 6.45) is 0.724. The monoisotopic (exact) mass is 351 g/mol. The first-order valence-corrected chi connectivity index (χ1v) is 9.06. The fraction of sp³-hybridized carbons (Fsp3) is 0.556. The third-order valence-corrected chi connectivity index (χ3v) is 5.05. The van der Waals surface area contributed by atoms with Crippen LogP contribution in [0.5, 0.6) is 0 Å². The van der Waals surface area contributed by atoms with E-state index in [1.165, 1.54) is 11.8 Å². The number of aliphatic hydroxyl groups excluding tert-OH is 1. The highest BCUT2D eigenvalue weighted by Gasteiger charge is 2.32. The minimum atomic E-state index is -0.628. The quantitative estimate of drug-likeness (QED) is 0.873. The highest BCUT2D eigenvalue weighted by atomic mass is 32.2. The van der Waals surface area contributed by atoms with E-state index >= 15 is 0 Å². The van der Waals surface area contributed by atoms with E-state index < -0.39 is 17.8 Å². The molecule has 132 valence electrons. The first kappa shape index (κ1) is 18.8. The molecule has 0 bridgehead atoms. The van der Waals surface area contributed by atoms with Gasteiger partial charge in [0.2, 0.25) is 5.12 Å². The van der Waals surface area contributed by atoms with Gasteiger partial charge in [0.25, 0.3) is 0 Å². The van der Waals surface area contributed by atoms with Crippen LogP contribution in [0, 0.1) is 0 Å². The van der Waals surface area contributed by atoms with Crippen molar-refractivity contribution in [2.24, 2.45) is 0 Å². The zero-order valence-corrected chi connectivity index (χ0v) is 15.1. The number of hydrogen-bond acceptors (Lipinski definition) is 5. The zero-order chi connectivity index (χ0) is 17.7. The molecule has 1 amide bonds. The lowest BCUT2D eigenvalue weighted by Crippen LogP contribution is -2.45. The molecule has 1 aromatic rings. The van der Waals surface area contributed by atoms with Crippen molar-refractivity contribution in [2.45, 2.75) is 63.0 Å². The third kappa shape index (κ3) is 5.83. The minimum Gasteiger partial charge on any atom is -0.444 e. The van der Waals surface area contributed by atoms with E-state index in [1.54, 1.807) is 12.1 Å². The van der Waals surface area contributed by atoms with Crippen LogP contribution in [0.1, 0.15) is 50.4 Å². The average molecular weight is 351 g/mol. The molecule has 2 rings (SSSR count). The molecule has 0 aromatic heterocycles. The highest BCUT2D eigenvalue weighted by molar-refractivity contribution is 8.14. The van der Waals surface area contributed by atoms with E-state index in [1.807, 2.05) is 39.0 Å². The molecule has 0 heterocycles. The maximum absolute atomic E-state index is 12.2. The van der Waals surface area contributed by atoms with Gasteiger partial charge in [0, 0.05) is 16.9 Å². The number of rotatable bonds is 3. The molecule has 1 aromatic carbocycles. The average Bonchev–Trinajstić information content (AvgIpc) is 2.49. The van der Waals surface area contributed by atoms with Gasteiger partial charge in [-0.1, -0.05) is 42.1 Å². The standard InChI is InChI=1S/C18H25NO4S/c1-18(2,3)23-17(22)19-13-9-10-15(14(20)11-13)24-16(21)12-7-5-4-6-8-12/h4-8,13-15,20H,9-11H2,1-3H3,(H,19,22)/t13-,14-,15?/m0/s1. The van der Waals surface area contributed by atoms with Crippen LogP contribution in [-0.2, 0) is 4.74 Å². The Morgan fingerprint density at radius 2 is 1.88 bits per heavy atom. The summed E-state index contributed by atoms with van der Waals surface area (Å²) in [5.41, 5.74) is 0.0985. The summed E-state index contributed by atoms with van der Waals surface area (Å²) in [6, 6.07) is 8.94. The van der Waals surface area contributed by atoms with E-state index in [-0.39, 0.29) is 16.4 Å². The smallest absolute Gasteiger partial charge is 0.407 e. The topological polar surface area (TPSA) is 75.6 Å². The van der Waals surface area contributed by atoms with Gasteiger partial charge in [-0.15, -0.1) is 0 Å². The van der Waals surface area contributed by atoms with Gasteiger partial charge in [0.05, 0.1) is 6.10 Å². The van der Waals surface area contributed by atoms with Crippen molar-refractivity contribution in [3.05, 3.63) is 35.9 Å². The van der Waals surface area contributed by atoms with Gasteiger partial charge in [-0.25, -0.2) is 4.79 Å². The summed E-state index contributed by atoms with van der Waals surface area (Å²) in [5, 5.41) is 12.9. The maximum Gasteiger partial charge on any atom is 0.407 e. The van der Waals surface area contributed by atoms with Gasteiger partial charge in [0.1, 0.15) is 5.60 Å². The Labute approximate surface area is 147 Å². The second-order valence-corrected chi connectivity index (χ2v) is 8.25. The molecule has 1 aliphatic rings. The summed E-state index contributed by atoms with van der Waals surface area (Å²) < 4.78 is 5.23. The molecule has 24 heavy (non-hydrogen) atoms. The van der Waals surface area contributed by atoms with E-state index in [0.29, 0.717) is 18.4 Å². The van der Waals surface area contributed by atoms with Crippen LogP contribution >= 0.6 is 11.8 Å². The molecule has 0 saturated heterocycles. The summed E-state index contributed by atoms with van der Waals surface area (Å²) in [7, 11) is 0. The predicted molar refractivity (Wildman–Crippen MR) is 95.2 cm³/mol. The number of ether oxygens (including phenoxy) is 1. The van der Waals surface area contributed by atoms with Gasteiger partial charge in [0.15, 0.2) is 0 Å². The fourth-order valence-corrected chi connectivity index (χ4v) is 3.71. The lowest BCUT2D eigenvalue weighted by molar-refractivity contribution is 0.0455. The molecule has 0 radical (unpaired) electrons. The largest absolute Gasteiger partial charge is 0.444 e. The summed E-state index contributed by atoms with van der Waals surface area (Å²) in [4.78, 5) is 24.0. The van der Waals surface area contributed by atoms with Crippen LogP contribution < -0.4 is 5.32 Å². The van der Waals surface area contributed by atoms with Crippen molar-refractivity contribution < 1.29 is 19.4 Å². The van der Waals surface area contributed by atoms with Crippen LogP contribution in [0.3, 0.4) is 0 Å². The van der Waals surface area contributed by atoms with Crippen molar-refractivity contribution in [3.63, 3.8) is 0 Å². The van der Waals surface area contributed by atoms with Gasteiger partial charge < -0.3 is 15.2 Å². The van der Waals surface area contributed by atoms with Gasteiger partial charge in [-0.2, -0.15) is 0 Å². The number of hydrogen-bond donors (Lipinski definition) is 2. The first-order valence-electron chi connectivity index (χ1n) is 8.18. The highest BCUT2D eigenvalue weighted by Crippen LogP contribution is 2.31. The molecule has 2 N–H and O–H groups in total. The molecule has 1 fully saturated rings. The molecule has 6 heteroatoms. The van der Waals surface area contributed by atoms with Gasteiger partial charge >= 0.3 is 6.09 Å². The minimum absolute atomic E-state index is 0.0294. The van der Waals surface area contributed by atoms with Crippen molar-refractivity contribution in [1.82, 2.24) is 5.32 Å². The first-order chi connectivity index (χ1) is 11.2. The Morgan fingerprint density at radius 3 is 2.46 bits per heavy atom. The Bertz CT molecular complexity index is 570. The van der Waals surface area contributed by atoms with E-state index in [0.717, 1.165) is 6.42 Å². The van der Waals surface area contributed by atoms with Crippen molar-refractivity contribution in [3.8, 4) is 0 Å². The van der Waals surface area contributed by atoms with Crippen LogP contribution in [0.4, 0.5) is 4.79 Å². The van der Waals surface area contributed by atoms with Gasteiger partial charge in [-0.05, 0) is 40.0 Å². The van der Waals surface area contributed by atoms with Crippen LogP contribution in [0.25, 0.3) is 0 Å². The van der Waals surface area contributed by atoms with Crippen LogP contribution in [0.2, 0.25) is 0 Å². The number of aliphatic hydroxyl groups is 1. The second kappa shape index (κ2) is 8.03. The van der Waals surface area contributed by atoms with E-state index in [2.05, 4.69) is 5.32 Å². The lowest BCUT2D eigenvalue weighted by atomic mass is 9.92. The molecular weight excluding hydrogens is 326 g/mol. The number of benzene rings is 1. The summed E-state index contributed by atoms with van der Waals surface area (Å²) >= 11 is 1.18. The Balaban J connectivity index is 1.82. The van der Waals surface area contributed by atoms with Gasteiger partial charge in [-0.3, -0.25) is 4.79 Å². The lowest BCUT2D eigenvalue weighted by Gasteiger charge is -2.33. The number of amides is 1. The summed E-state index contributed by atoms with van der Waals surface area (Å²) in [6.45, 7) is 5.43. The number of carbonyl (C=O) groups is 2. The predicted octanol–water partition coefficient (Wildman–Crippen LogP) is 3.37. The molecule has 0 spiro atoms. The second-order valence-electron chi connectivity index (χ2n) is 7.03. The molecule has 5 nitrogen and oxygen atoms in total. The molecule has 1 aliphatic carbocycles. The molecule has 1 saturated carbocycles.